The van der Waals surface area contributed by atoms with Crippen molar-refractivity contribution in [2.45, 2.75) is 25.8 Å². The molecule has 0 radical (unpaired) electrons. The normalized spacial score (nSPS) is 23.8. The standard InChI is InChI=1S/C7H13NO2/c1-4(5-2-3-5)6(8)7(9)10/h4-6H,2-3,8H2,1H3,(H,9,10)/t4-,6-/m0/s1. The summed E-state index contributed by atoms with van der Waals surface area (Å²) in [5, 5.41) is 8.50. The summed E-state index contributed by atoms with van der Waals surface area (Å²) < 4.78 is 0. The number of rotatable bonds is 3. The molecule has 0 aliphatic heterocycles. The van der Waals surface area contributed by atoms with Gasteiger partial charge >= 0.3 is 5.97 Å². The molecule has 3 heteroatoms. The summed E-state index contributed by atoms with van der Waals surface area (Å²) >= 11 is 0. The van der Waals surface area contributed by atoms with Crippen molar-refractivity contribution in [1.82, 2.24) is 0 Å². The number of carboxylic acid groups (broad SMARTS) is 1. The van der Waals surface area contributed by atoms with E-state index >= 15 is 0 Å². The molecule has 3 nitrogen and oxygen atoms in total. The van der Waals surface area contributed by atoms with Gasteiger partial charge in [-0.05, 0) is 24.7 Å². The summed E-state index contributed by atoms with van der Waals surface area (Å²) in [6.07, 6.45) is 2.31. The first kappa shape index (κ1) is 7.54. The summed E-state index contributed by atoms with van der Waals surface area (Å²) in [6.45, 7) is 1.91. The van der Waals surface area contributed by atoms with Crippen molar-refractivity contribution in [3.8, 4) is 0 Å². The summed E-state index contributed by atoms with van der Waals surface area (Å²) in [4.78, 5) is 10.3. The maximum Gasteiger partial charge on any atom is 0.320 e. The molecule has 2 atom stereocenters. The molecule has 1 aliphatic carbocycles. The lowest BCUT2D eigenvalue weighted by molar-refractivity contribution is -0.139. The molecule has 0 spiro atoms. The van der Waals surface area contributed by atoms with Crippen LogP contribution >= 0.6 is 0 Å². The van der Waals surface area contributed by atoms with E-state index in [1.165, 1.54) is 0 Å². The lowest BCUT2D eigenvalue weighted by Gasteiger charge is -2.13. The zero-order valence-corrected chi connectivity index (χ0v) is 6.08. The quantitative estimate of drug-likeness (QED) is 0.602. The Labute approximate surface area is 60.2 Å². The first-order valence-corrected chi connectivity index (χ1v) is 3.61. The average molecular weight is 143 g/mol. The number of aliphatic carboxylic acids is 1. The van der Waals surface area contributed by atoms with Crippen LogP contribution in [0.3, 0.4) is 0 Å². The third-order valence-corrected chi connectivity index (χ3v) is 2.22. The van der Waals surface area contributed by atoms with E-state index in [4.69, 9.17) is 10.8 Å². The Morgan fingerprint density at radius 3 is 2.50 bits per heavy atom. The van der Waals surface area contributed by atoms with Crippen molar-refractivity contribution in [3.63, 3.8) is 0 Å². The molecule has 3 N–H and O–H groups in total. The molecule has 0 amide bonds. The molecular formula is C7H13NO2. The van der Waals surface area contributed by atoms with Gasteiger partial charge in [0.2, 0.25) is 0 Å². The van der Waals surface area contributed by atoms with Gasteiger partial charge in [0, 0.05) is 0 Å². The summed E-state index contributed by atoms with van der Waals surface area (Å²) in [5.41, 5.74) is 5.40. The number of hydrogen-bond acceptors (Lipinski definition) is 2. The molecule has 10 heavy (non-hydrogen) atoms. The van der Waals surface area contributed by atoms with Gasteiger partial charge in [-0.3, -0.25) is 4.79 Å². The highest BCUT2D eigenvalue weighted by atomic mass is 16.4. The lowest BCUT2D eigenvalue weighted by atomic mass is 9.98. The number of nitrogens with two attached hydrogens (primary N) is 1. The SMILES string of the molecule is C[C@@H](C1CC1)[C@H](N)C(=O)O. The van der Waals surface area contributed by atoms with Gasteiger partial charge in [-0.2, -0.15) is 0 Å². The minimum Gasteiger partial charge on any atom is -0.480 e. The molecule has 1 rings (SSSR count). The van der Waals surface area contributed by atoms with Crippen LogP contribution in [0.2, 0.25) is 0 Å². The second kappa shape index (κ2) is 2.58. The van der Waals surface area contributed by atoms with Crippen molar-refractivity contribution in [2.75, 3.05) is 0 Å². The highest BCUT2D eigenvalue weighted by Gasteiger charge is 2.34. The maximum absolute atomic E-state index is 10.3. The molecule has 0 heterocycles. The van der Waals surface area contributed by atoms with Crippen LogP contribution in [0.25, 0.3) is 0 Å². The van der Waals surface area contributed by atoms with Crippen LogP contribution in [-0.2, 0) is 4.79 Å². The third kappa shape index (κ3) is 1.48. The molecule has 1 aliphatic rings. The van der Waals surface area contributed by atoms with E-state index in [2.05, 4.69) is 0 Å². The van der Waals surface area contributed by atoms with Gasteiger partial charge in [-0.15, -0.1) is 0 Å². The number of hydrogen-bond donors (Lipinski definition) is 2. The highest BCUT2D eigenvalue weighted by Crippen LogP contribution is 2.37. The van der Waals surface area contributed by atoms with Crippen LogP contribution in [0.15, 0.2) is 0 Å². The molecule has 1 saturated carbocycles. The van der Waals surface area contributed by atoms with Crippen LogP contribution in [-0.4, -0.2) is 17.1 Å². The molecule has 0 unspecified atom stereocenters. The van der Waals surface area contributed by atoms with Crippen LogP contribution in [0.1, 0.15) is 19.8 Å². The monoisotopic (exact) mass is 143 g/mol. The zero-order valence-electron chi connectivity index (χ0n) is 6.08. The van der Waals surface area contributed by atoms with E-state index < -0.39 is 12.0 Å². The van der Waals surface area contributed by atoms with Gasteiger partial charge < -0.3 is 10.8 Å². The van der Waals surface area contributed by atoms with Crippen molar-refractivity contribution < 1.29 is 9.90 Å². The van der Waals surface area contributed by atoms with E-state index in [1.54, 1.807) is 0 Å². The maximum atomic E-state index is 10.3. The summed E-state index contributed by atoms with van der Waals surface area (Å²) in [6, 6.07) is -0.660. The van der Waals surface area contributed by atoms with Crippen LogP contribution in [0.4, 0.5) is 0 Å². The minimum absolute atomic E-state index is 0.150. The molecule has 0 bridgehead atoms. The Morgan fingerprint density at radius 2 is 2.20 bits per heavy atom. The fourth-order valence-electron chi connectivity index (χ4n) is 1.14. The Balaban J connectivity index is 2.38. The summed E-state index contributed by atoms with van der Waals surface area (Å²) in [7, 11) is 0. The van der Waals surface area contributed by atoms with Crippen molar-refractivity contribution in [3.05, 3.63) is 0 Å². The molecular weight excluding hydrogens is 130 g/mol. The second-order valence-corrected chi connectivity index (χ2v) is 3.06. The smallest absolute Gasteiger partial charge is 0.320 e. The van der Waals surface area contributed by atoms with E-state index in [0.717, 1.165) is 12.8 Å². The average Bonchev–Trinajstić information content (AvgIpc) is 2.65. The van der Waals surface area contributed by atoms with E-state index in [9.17, 15) is 4.79 Å². The second-order valence-electron chi connectivity index (χ2n) is 3.06. The first-order chi connectivity index (χ1) is 4.63. The Bertz CT molecular complexity index is 143. The van der Waals surface area contributed by atoms with Crippen LogP contribution < -0.4 is 5.73 Å². The van der Waals surface area contributed by atoms with Gasteiger partial charge in [0.1, 0.15) is 6.04 Å². The molecule has 0 aromatic rings. The Morgan fingerprint density at radius 1 is 1.70 bits per heavy atom. The van der Waals surface area contributed by atoms with Crippen molar-refractivity contribution in [1.29, 1.82) is 0 Å². The lowest BCUT2D eigenvalue weighted by Crippen LogP contribution is -2.37. The van der Waals surface area contributed by atoms with Crippen LogP contribution in [0, 0.1) is 11.8 Å². The Hall–Kier alpha value is -0.570. The molecule has 0 aromatic heterocycles. The molecule has 58 valence electrons. The van der Waals surface area contributed by atoms with Crippen molar-refractivity contribution in [2.24, 2.45) is 17.6 Å². The largest absolute Gasteiger partial charge is 0.480 e. The minimum atomic E-state index is -0.876. The van der Waals surface area contributed by atoms with E-state index in [1.807, 2.05) is 6.92 Å². The predicted molar refractivity (Wildman–Crippen MR) is 37.5 cm³/mol. The van der Waals surface area contributed by atoms with E-state index in [-0.39, 0.29) is 5.92 Å². The van der Waals surface area contributed by atoms with Gasteiger partial charge in [0.05, 0.1) is 0 Å². The number of carboxylic acids is 1. The first-order valence-electron chi connectivity index (χ1n) is 3.61. The Kier molecular flexibility index (Phi) is 1.94. The van der Waals surface area contributed by atoms with E-state index in [0.29, 0.717) is 5.92 Å². The molecule has 0 saturated heterocycles. The van der Waals surface area contributed by atoms with Crippen LogP contribution in [0.5, 0.6) is 0 Å². The summed E-state index contributed by atoms with van der Waals surface area (Å²) in [5.74, 6) is -0.150. The third-order valence-electron chi connectivity index (χ3n) is 2.22. The van der Waals surface area contributed by atoms with Gasteiger partial charge in [0.15, 0.2) is 0 Å². The fourth-order valence-corrected chi connectivity index (χ4v) is 1.14. The van der Waals surface area contributed by atoms with Gasteiger partial charge in [-0.1, -0.05) is 6.92 Å². The fraction of sp³-hybridized carbons (Fsp3) is 0.857. The molecule has 1 fully saturated rings. The highest BCUT2D eigenvalue weighted by molar-refractivity contribution is 5.73. The van der Waals surface area contributed by atoms with Gasteiger partial charge in [0.25, 0.3) is 0 Å². The van der Waals surface area contributed by atoms with Gasteiger partial charge in [-0.25, -0.2) is 0 Å². The topological polar surface area (TPSA) is 63.3 Å². The molecule has 0 aromatic carbocycles. The van der Waals surface area contributed by atoms with Crippen molar-refractivity contribution >= 4 is 5.97 Å². The zero-order chi connectivity index (χ0) is 7.72. The predicted octanol–water partition coefficient (Wildman–Crippen LogP) is 0.444. The number of carbonyl (C=O) groups is 1.